The third kappa shape index (κ3) is 10.3. The molecule has 0 bridgehead atoms. The van der Waals surface area contributed by atoms with Crippen LogP contribution in [0.5, 0.6) is 11.5 Å². The van der Waals surface area contributed by atoms with Gasteiger partial charge < -0.3 is 20.1 Å². The van der Waals surface area contributed by atoms with E-state index < -0.39 is 10.0 Å². The highest BCUT2D eigenvalue weighted by Crippen LogP contribution is 2.27. The third-order valence-electron chi connectivity index (χ3n) is 3.81. The predicted octanol–water partition coefficient (Wildman–Crippen LogP) is 1.75. The molecule has 0 aliphatic carbocycles. The standard InChI is InChI=1S/C18H32N4O4S.HI/c1-5-19-18(20-11-7-12-22-27(23,24)6-2)21-13-10-15-8-9-16(25-3)17(14-15)26-4;/h8-9,14,22H,5-7,10-13H2,1-4H3,(H2,19,20,21);1H. The van der Waals surface area contributed by atoms with Gasteiger partial charge in [-0.25, -0.2) is 13.1 Å². The van der Waals surface area contributed by atoms with Crippen LogP contribution in [0.1, 0.15) is 25.8 Å². The van der Waals surface area contributed by atoms with Crippen molar-refractivity contribution in [2.75, 3.05) is 46.2 Å². The molecular weight excluding hydrogens is 495 g/mol. The zero-order chi connectivity index (χ0) is 20.1. The summed E-state index contributed by atoms with van der Waals surface area (Å²) in [7, 11) is 0.103. The quantitative estimate of drug-likeness (QED) is 0.166. The second kappa shape index (κ2) is 14.7. The molecule has 0 radical (unpaired) electrons. The van der Waals surface area contributed by atoms with E-state index in [1.165, 1.54) is 0 Å². The second-order valence-corrected chi connectivity index (χ2v) is 7.87. The van der Waals surface area contributed by atoms with Gasteiger partial charge >= 0.3 is 0 Å². The fourth-order valence-electron chi connectivity index (χ4n) is 2.30. The molecule has 0 spiro atoms. The molecule has 0 saturated carbocycles. The molecule has 0 aliphatic rings. The fourth-order valence-corrected chi connectivity index (χ4v) is 2.96. The highest BCUT2D eigenvalue weighted by molar-refractivity contribution is 14.0. The third-order valence-corrected chi connectivity index (χ3v) is 5.21. The number of hydrogen-bond donors (Lipinski definition) is 3. The first kappa shape index (κ1) is 26.7. The summed E-state index contributed by atoms with van der Waals surface area (Å²) >= 11 is 0. The van der Waals surface area contributed by atoms with E-state index in [9.17, 15) is 8.42 Å². The van der Waals surface area contributed by atoms with Gasteiger partial charge in [0.25, 0.3) is 0 Å². The number of aliphatic imine (C=N–C) groups is 1. The molecule has 0 fully saturated rings. The number of ether oxygens (including phenoxy) is 2. The first-order valence-electron chi connectivity index (χ1n) is 9.16. The van der Waals surface area contributed by atoms with E-state index in [0.29, 0.717) is 37.6 Å². The van der Waals surface area contributed by atoms with Crippen LogP contribution in [-0.4, -0.2) is 60.5 Å². The van der Waals surface area contributed by atoms with Crippen LogP contribution in [0.25, 0.3) is 0 Å². The van der Waals surface area contributed by atoms with E-state index in [1.54, 1.807) is 21.1 Å². The Labute approximate surface area is 185 Å². The Morgan fingerprint density at radius 1 is 1.07 bits per heavy atom. The minimum Gasteiger partial charge on any atom is -0.493 e. The fraction of sp³-hybridized carbons (Fsp3) is 0.611. The van der Waals surface area contributed by atoms with Crippen molar-refractivity contribution in [3.05, 3.63) is 23.8 Å². The summed E-state index contributed by atoms with van der Waals surface area (Å²) < 4.78 is 35.9. The van der Waals surface area contributed by atoms with Gasteiger partial charge in [0.15, 0.2) is 17.5 Å². The minimum absolute atomic E-state index is 0. The van der Waals surface area contributed by atoms with E-state index in [1.807, 2.05) is 25.1 Å². The Hall–Kier alpha value is -1.27. The Morgan fingerprint density at radius 2 is 1.79 bits per heavy atom. The van der Waals surface area contributed by atoms with E-state index in [-0.39, 0.29) is 29.7 Å². The Balaban J connectivity index is 0.00000729. The van der Waals surface area contributed by atoms with E-state index in [0.717, 1.165) is 24.5 Å². The molecule has 1 aromatic rings. The molecule has 10 heteroatoms. The van der Waals surface area contributed by atoms with Crippen molar-refractivity contribution < 1.29 is 17.9 Å². The zero-order valence-corrected chi connectivity index (χ0v) is 20.2. The van der Waals surface area contributed by atoms with Gasteiger partial charge in [0.05, 0.1) is 20.0 Å². The number of guanidine groups is 1. The largest absolute Gasteiger partial charge is 0.493 e. The Morgan fingerprint density at radius 3 is 2.39 bits per heavy atom. The first-order valence-corrected chi connectivity index (χ1v) is 10.8. The summed E-state index contributed by atoms with van der Waals surface area (Å²) in [5.74, 6) is 2.24. The van der Waals surface area contributed by atoms with Gasteiger partial charge in [-0.15, -0.1) is 24.0 Å². The highest BCUT2D eigenvalue weighted by Gasteiger charge is 2.06. The van der Waals surface area contributed by atoms with E-state index in [4.69, 9.17) is 9.47 Å². The average molecular weight is 528 g/mol. The molecule has 0 amide bonds. The topological polar surface area (TPSA) is 101 Å². The number of halogens is 1. The van der Waals surface area contributed by atoms with Gasteiger partial charge in [-0.05, 0) is 44.4 Å². The highest BCUT2D eigenvalue weighted by atomic mass is 127. The molecule has 0 atom stereocenters. The smallest absolute Gasteiger partial charge is 0.211 e. The van der Waals surface area contributed by atoms with Gasteiger partial charge in [0, 0.05) is 26.2 Å². The van der Waals surface area contributed by atoms with E-state index in [2.05, 4.69) is 20.3 Å². The van der Waals surface area contributed by atoms with Gasteiger partial charge in [-0.2, -0.15) is 0 Å². The molecule has 3 N–H and O–H groups in total. The molecule has 0 aliphatic heterocycles. The van der Waals surface area contributed by atoms with Gasteiger partial charge in [0.2, 0.25) is 10.0 Å². The maximum Gasteiger partial charge on any atom is 0.211 e. The van der Waals surface area contributed by atoms with E-state index >= 15 is 0 Å². The second-order valence-electron chi connectivity index (χ2n) is 5.78. The van der Waals surface area contributed by atoms with Crippen molar-refractivity contribution in [3.8, 4) is 11.5 Å². The molecule has 0 aromatic heterocycles. The number of sulfonamides is 1. The van der Waals surface area contributed by atoms with Crippen LogP contribution in [0.3, 0.4) is 0 Å². The SMILES string of the molecule is CCNC(=NCCCNS(=O)(=O)CC)NCCc1ccc(OC)c(OC)c1.I. The number of rotatable bonds is 12. The number of nitrogens with one attached hydrogen (secondary N) is 3. The summed E-state index contributed by atoms with van der Waals surface area (Å²) in [6.45, 7) is 6.02. The van der Waals surface area contributed by atoms with Gasteiger partial charge in [-0.3, -0.25) is 4.99 Å². The summed E-state index contributed by atoms with van der Waals surface area (Å²) in [4.78, 5) is 4.47. The summed E-state index contributed by atoms with van der Waals surface area (Å²) in [6.07, 6.45) is 1.45. The average Bonchev–Trinajstić information content (AvgIpc) is 2.67. The van der Waals surface area contributed by atoms with Gasteiger partial charge in [0.1, 0.15) is 0 Å². The molecular formula is C18H33IN4O4S. The zero-order valence-electron chi connectivity index (χ0n) is 17.1. The molecule has 8 nitrogen and oxygen atoms in total. The maximum atomic E-state index is 11.4. The predicted molar refractivity (Wildman–Crippen MR) is 125 cm³/mol. The maximum absolute atomic E-state index is 11.4. The Kier molecular flexibility index (Phi) is 14.0. The summed E-state index contributed by atoms with van der Waals surface area (Å²) in [6, 6.07) is 5.86. The number of benzene rings is 1. The minimum atomic E-state index is -3.13. The molecule has 0 saturated heterocycles. The van der Waals surface area contributed by atoms with Crippen LogP contribution in [0.4, 0.5) is 0 Å². The molecule has 162 valence electrons. The lowest BCUT2D eigenvalue weighted by molar-refractivity contribution is 0.354. The van der Waals surface area contributed by atoms with Crippen LogP contribution < -0.4 is 24.8 Å². The van der Waals surface area contributed by atoms with Crippen molar-refractivity contribution in [1.29, 1.82) is 0 Å². The monoisotopic (exact) mass is 528 g/mol. The summed E-state index contributed by atoms with van der Waals surface area (Å²) in [5.41, 5.74) is 1.13. The van der Waals surface area contributed by atoms with Crippen molar-refractivity contribution in [2.45, 2.75) is 26.7 Å². The molecule has 0 unspecified atom stereocenters. The van der Waals surface area contributed by atoms with Crippen LogP contribution >= 0.6 is 24.0 Å². The molecule has 1 rings (SSSR count). The van der Waals surface area contributed by atoms with Crippen molar-refractivity contribution in [1.82, 2.24) is 15.4 Å². The first-order chi connectivity index (χ1) is 13.0. The molecule has 1 aromatic carbocycles. The van der Waals surface area contributed by atoms with Crippen molar-refractivity contribution in [3.63, 3.8) is 0 Å². The number of hydrogen-bond acceptors (Lipinski definition) is 5. The van der Waals surface area contributed by atoms with Gasteiger partial charge in [-0.1, -0.05) is 6.07 Å². The summed E-state index contributed by atoms with van der Waals surface area (Å²) in [5, 5.41) is 6.47. The van der Waals surface area contributed by atoms with Crippen molar-refractivity contribution >= 4 is 40.0 Å². The Bertz CT molecular complexity index is 699. The van der Waals surface area contributed by atoms with Crippen LogP contribution in [0.2, 0.25) is 0 Å². The lowest BCUT2D eigenvalue weighted by Gasteiger charge is -2.13. The number of nitrogens with zero attached hydrogens (tertiary/aromatic N) is 1. The van der Waals surface area contributed by atoms with Crippen molar-refractivity contribution in [2.24, 2.45) is 4.99 Å². The van der Waals surface area contributed by atoms with Crippen LogP contribution in [0.15, 0.2) is 23.2 Å². The lowest BCUT2D eigenvalue weighted by atomic mass is 10.1. The van der Waals surface area contributed by atoms with Crippen LogP contribution in [0, 0.1) is 0 Å². The normalized spacial score (nSPS) is 11.5. The number of methoxy groups -OCH3 is 2. The van der Waals surface area contributed by atoms with Crippen LogP contribution in [-0.2, 0) is 16.4 Å². The molecule has 28 heavy (non-hydrogen) atoms. The molecule has 0 heterocycles. The lowest BCUT2D eigenvalue weighted by Crippen LogP contribution is -2.38.